The highest BCUT2D eigenvalue weighted by atomic mass is 79.9. The molecule has 0 heterocycles. The summed E-state index contributed by atoms with van der Waals surface area (Å²) in [7, 11) is 0. The Kier molecular flexibility index (Phi) is 5.18. The van der Waals surface area contributed by atoms with Crippen LogP contribution in [-0.2, 0) is 4.74 Å². The second-order valence-corrected chi connectivity index (χ2v) is 3.71. The van der Waals surface area contributed by atoms with Gasteiger partial charge in [0, 0.05) is 17.6 Å². The maximum Gasteiger partial charge on any atom is 0.338 e. The van der Waals surface area contributed by atoms with E-state index in [4.69, 9.17) is 4.74 Å². The third kappa shape index (κ3) is 3.91. The zero-order valence-electron chi connectivity index (χ0n) is 8.63. The molecule has 0 saturated carbocycles. The number of carbonyl (C=O) groups is 1. The molecule has 1 aromatic carbocycles. The Balaban J connectivity index is 2.59. The van der Waals surface area contributed by atoms with Gasteiger partial charge in [-0.3, -0.25) is 0 Å². The first-order chi connectivity index (χ1) is 7.27. The van der Waals surface area contributed by atoms with Crippen LogP contribution in [0, 0.1) is 0 Å². The molecule has 0 bridgehead atoms. The van der Waals surface area contributed by atoms with Crippen LogP contribution in [-0.4, -0.2) is 24.5 Å². The number of benzene rings is 1. The monoisotopic (exact) mass is 271 g/mol. The summed E-state index contributed by atoms with van der Waals surface area (Å²) in [6.07, 6.45) is 0. The average Bonchev–Trinajstić information content (AvgIpc) is 2.27. The van der Waals surface area contributed by atoms with Crippen molar-refractivity contribution in [2.45, 2.75) is 6.92 Å². The van der Waals surface area contributed by atoms with Crippen LogP contribution >= 0.6 is 15.9 Å². The lowest BCUT2D eigenvalue weighted by Gasteiger charge is -2.05. The molecular weight excluding hydrogens is 258 g/mol. The van der Waals surface area contributed by atoms with Crippen molar-refractivity contribution < 1.29 is 9.53 Å². The third-order valence-corrected chi connectivity index (χ3v) is 2.22. The molecule has 0 saturated heterocycles. The van der Waals surface area contributed by atoms with Crippen LogP contribution in [0.2, 0.25) is 0 Å². The van der Waals surface area contributed by atoms with Crippen LogP contribution in [0.5, 0.6) is 0 Å². The van der Waals surface area contributed by atoms with E-state index in [1.807, 2.05) is 12.1 Å². The minimum absolute atomic E-state index is 0.274. The van der Waals surface area contributed by atoms with Crippen molar-refractivity contribution in [3.05, 3.63) is 29.8 Å². The van der Waals surface area contributed by atoms with Crippen molar-refractivity contribution in [2.75, 3.05) is 23.8 Å². The second kappa shape index (κ2) is 6.45. The molecule has 82 valence electrons. The van der Waals surface area contributed by atoms with E-state index in [1.54, 1.807) is 19.1 Å². The lowest BCUT2D eigenvalue weighted by atomic mass is 10.2. The van der Waals surface area contributed by atoms with Crippen molar-refractivity contribution in [1.82, 2.24) is 0 Å². The molecule has 0 unspecified atom stereocenters. The molecule has 0 aliphatic carbocycles. The van der Waals surface area contributed by atoms with Gasteiger partial charge in [0.15, 0.2) is 0 Å². The van der Waals surface area contributed by atoms with E-state index in [0.717, 1.165) is 17.6 Å². The Morgan fingerprint density at radius 1 is 1.40 bits per heavy atom. The largest absolute Gasteiger partial charge is 0.462 e. The third-order valence-electron chi connectivity index (χ3n) is 1.82. The number of hydrogen-bond donors (Lipinski definition) is 1. The highest BCUT2D eigenvalue weighted by Crippen LogP contribution is 2.10. The number of esters is 1. The first-order valence-electron chi connectivity index (χ1n) is 4.85. The molecule has 0 spiro atoms. The van der Waals surface area contributed by atoms with Gasteiger partial charge in [0.2, 0.25) is 0 Å². The standard InChI is InChI=1S/C11H14BrNO2/c1-2-15-11(14)9-3-5-10(6-4-9)13-8-7-12/h3-6,13H,2,7-8H2,1H3. The van der Waals surface area contributed by atoms with E-state index in [0.29, 0.717) is 12.2 Å². The first-order valence-corrected chi connectivity index (χ1v) is 5.97. The molecule has 3 nitrogen and oxygen atoms in total. The molecule has 1 N–H and O–H groups in total. The fraction of sp³-hybridized carbons (Fsp3) is 0.364. The summed E-state index contributed by atoms with van der Waals surface area (Å²) in [4.78, 5) is 11.3. The molecule has 0 fully saturated rings. The smallest absolute Gasteiger partial charge is 0.338 e. The first kappa shape index (κ1) is 12.0. The van der Waals surface area contributed by atoms with Gasteiger partial charge in [0.05, 0.1) is 12.2 Å². The maximum atomic E-state index is 11.3. The molecule has 0 atom stereocenters. The van der Waals surface area contributed by atoms with Gasteiger partial charge in [0.1, 0.15) is 0 Å². The van der Waals surface area contributed by atoms with Gasteiger partial charge in [-0.1, -0.05) is 15.9 Å². The van der Waals surface area contributed by atoms with Gasteiger partial charge in [-0.05, 0) is 31.2 Å². The molecule has 4 heteroatoms. The Morgan fingerprint density at radius 2 is 2.07 bits per heavy atom. The van der Waals surface area contributed by atoms with Crippen molar-refractivity contribution >= 4 is 27.6 Å². The van der Waals surface area contributed by atoms with E-state index in [1.165, 1.54) is 0 Å². The van der Waals surface area contributed by atoms with Crippen LogP contribution in [0.4, 0.5) is 5.69 Å². The van der Waals surface area contributed by atoms with E-state index in [-0.39, 0.29) is 5.97 Å². The number of carbonyl (C=O) groups excluding carboxylic acids is 1. The molecule has 0 amide bonds. The predicted octanol–water partition coefficient (Wildman–Crippen LogP) is 2.67. The average molecular weight is 272 g/mol. The Bertz CT molecular complexity index is 311. The number of hydrogen-bond acceptors (Lipinski definition) is 3. The highest BCUT2D eigenvalue weighted by molar-refractivity contribution is 9.09. The molecule has 0 aliphatic heterocycles. The Hall–Kier alpha value is -1.03. The molecule has 0 radical (unpaired) electrons. The van der Waals surface area contributed by atoms with Crippen LogP contribution in [0.15, 0.2) is 24.3 Å². The van der Waals surface area contributed by atoms with Crippen molar-refractivity contribution in [1.29, 1.82) is 0 Å². The van der Waals surface area contributed by atoms with E-state index < -0.39 is 0 Å². The fourth-order valence-corrected chi connectivity index (χ4v) is 1.33. The van der Waals surface area contributed by atoms with Crippen LogP contribution in [0.1, 0.15) is 17.3 Å². The van der Waals surface area contributed by atoms with Gasteiger partial charge >= 0.3 is 5.97 Å². The Morgan fingerprint density at radius 3 is 2.60 bits per heavy atom. The predicted molar refractivity (Wildman–Crippen MR) is 64.7 cm³/mol. The molecule has 1 rings (SSSR count). The lowest BCUT2D eigenvalue weighted by molar-refractivity contribution is 0.0526. The topological polar surface area (TPSA) is 38.3 Å². The quantitative estimate of drug-likeness (QED) is 0.661. The molecule has 1 aromatic rings. The van der Waals surface area contributed by atoms with Gasteiger partial charge in [-0.15, -0.1) is 0 Å². The second-order valence-electron chi connectivity index (χ2n) is 2.91. The van der Waals surface area contributed by atoms with Crippen molar-refractivity contribution in [3.8, 4) is 0 Å². The van der Waals surface area contributed by atoms with Gasteiger partial charge < -0.3 is 10.1 Å². The van der Waals surface area contributed by atoms with Gasteiger partial charge in [-0.25, -0.2) is 4.79 Å². The van der Waals surface area contributed by atoms with E-state index >= 15 is 0 Å². The normalized spacial score (nSPS) is 9.73. The summed E-state index contributed by atoms with van der Waals surface area (Å²) in [6, 6.07) is 7.26. The van der Waals surface area contributed by atoms with Gasteiger partial charge in [-0.2, -0.15) is 0 Å². The summed E-state index contributed by atoms with van der Waals surface area (Å²) in [5.74, 6) is -0.274. The fourth-order valence-electron chi connectivity index (χ4n) is 1.13. The molecule has 0 aliphatic rings. The van der Waals surface area contributed by atoms with Gasteiger partial charge in [0.25, 0.3) is 0 Å². The minimum atomic E-state index is -0.274. The number of halogens is 1. The number of anilines is 1. The Labute approximate surface area is 97.9 Å². The highest BCUT2D eigenvalue weighted by Gasteiger charge is 2.04. The summed E-state index contributed by atoms with van der Waals surface area (Å²) in [5, 5.41) is 4.09. The molecule has 0 aromatic heterocycles. The molecular formula is C11H14BrNO2. The minimum Gasteiger partial charge on any atom is -0.462 e. The van der Waals surface area contributed by atoms with Crippen LogP contribution < -0.4 is 5.32 Å². The van der Waals surface area contributed by atoms with Crippen LogP contribution in [0.3, 0.4) is 0 Å². The van der Waals surface area contributed by atoms with Crippen molar-refractivity contribution in [2.24, 2.45) is 0 Å². The lowest BCUT2D eigenvalue weighted by Crippen LogP contribution is -2.05. The maximum absolute atomic E-state index is 11.3. The number of alkyl halides is 1. The van der Waals surface area contributed by atoms with Crippen LogP contribution in [0.25, 0.3) is 0 Å². The zero-order valence-corrected chi connectivity index (χ0v) is 10.2. The summed E-state index contributed by atoms with van der Waals surface area (Å²) in [6.45, 7) is 3.06. The SMILES string of the molecule is CCOC(=O)c1ccc(NCCBr)cc1. The van der Waals surface area contributed by atoms with Crippen molar-refractivity contribution in [3.63, 3.8) is 0 Å². The summed E-state index contributed by atoms with van der Waals surface area (Å²) < 4.78 is 4.88. The number of nitrogens with one attached hydrogen (secondary N) is 1. The molecule has 15 heavy (non-hydrogen) atoms. The van der Waals surface area contributed by atoms with E-state index in [9.17, 15) is 4.79 Å². The number of ether oxygens (including phenoxy) is 1. The number of rotatable bonds is 5. The summed E-state index contributed by atoms with van der Waals surface area (Å²) >= 11 is 3.33. The van der Waals surface area contributed by atoms with E-state index in [2.05, 4.69) is 21.2 Å². The summed E-state index contributed by atoms with van der Waals surface area (Å²) in [5.41, 5.74) is 1.59. The zero-order chi connectivity index (χ0) is 11.1.